The number of hydrogen-bond donors (Lipinski definition) is 2. The van der Waals surface area contributed by atoms with Gasteiger partial charge < -0.3 is 10.4 Å². The molecule has 2 aromatic rings. The quantitative estimate of drug-likeness (QED) is 0.777. The Balaban J connectivity index is 1.56. The first kappa shape index (κ1) is 18.9. The van der Waals surface area contributed by atoms with Crippen molar-refractivity contribution in [3.8, 4) is 0 Å². The molecule has 4 rings (SSSR count). The first-order valence-electron chi connectivity index (χ1n) is 9.58. The highest BCUT2D eigenvalue weighted by atomic mass is 16.4. The van der Waals surface area contributed by atoms with Crippen LogP contribution in [0, 0.1) is 11.8 Å². The second kappa shape index (κ2) is 7.50. The number of hydrogen-bond acceptors (Lipinski definition) is 4. The van der Waals surface area contributed by atoms with Gasteiger partial charge in [-0.1, -0.05) is 25.0 Å². The van der Waals surface area contributed by atoms with Crippen molar-refractivity contribution in [1.29, 1.82) is 0 Å². The molecule has 0 spiro atoms. The molecule has 3 amide bonds. The van der Waals surface area contributed by atoms with E-state index in [9.17, 15) is 19.2 Å². The number of amides is 3. The van der Waals surface area contributed by atoms with Crippen molar-refractivity contribution in [1.82, 2.24) is 0 Å². The second-order valence-corrected chi connectivity index (χ2v) is 7.40. The summed E-state index contributed by atoms with van der Waals surface area (Å²) in [7, 11) is 0. The molecule has 2 aliphatic rings. The number of rotatable bonds is 4. The van der Waals surface area contributed by atoms with E-state index >= 15 is 0 Å². The van der Waals surface area contributed by atoms with Crippen LogP contribution < -0.4 is 10.2 Å². The predicted octanol–water partition coefficient (Wildman–Crippen LogP) is 3.32. The van der Waals surface area contributed by atoms with Crippen LogP contribution in [0.1, 0.15) is 46.4 Å². The van der Waals surface area contributed by atoms with Crippen LogP contribution in [0.4, 0.5) is 11.4 Å². The van der Waals surface area contributed by atoms with E-state index < -0.39 is 11.9 Å². The highest BCUT2D eigenvalue weighted by Gasteiger charge is 2.48. The third kappa shape index (κ3) is 3.51. The van der Waals surface area contributed by atoms with Gasteiger partial charge in [-0.15, -0.1) is 0 Å². The van der Waals surface area contributed by atoms with E-state index in [0.717, 1.165) is 25.7 Å². The molecule has 0 radical (unpaired) electrons. The molecule has 1 aliphatic heterocycles. The van der Waals surface area contributed by atoms with Crippen molar-refractivity contribution in [3.63, 3.8) is 0 Å². The number of fused-ring (bicyclic) bond motifs is 1. The van der Waals surface area contributed by atoms with Crippen molar-refractivity contribution < 1.29 is 24.3 Å². The Hall–Kier alpha value is -3.48. The van der Waals surface area contributed by atoms with Gasteiger partial charge in [0, 0.05) is 11.3 Å². The van der Waals surface area contributed by atoms with Crippen molar-refractivity contribution in [2.75, 3.05) is 10.2 Å². The summed E-state index contributed by atoms with van der Waals surface area (Å²) in [4.78, 5) is 50.5. The van der Waals surface area contributed by atoms with Gasteiger partial charge in [-0.3, -0.25) is 19.3 Å². The number of nitrogens with zero attached hydrogens (tertiary/aromatic N) is 1. The Morgan fingerprint density at radius 3 is 2.17 bits per heavy atom. The van der Waals surface area contributed by atoms with Crippen molar-refractivity contribution in [2.45, 2.75) is 25.7 Å². The summed E-state index contributed by atoms with van der Waals surface area (Å²) in [6, 6.07) is 12.3. The molecule has 0 unspecified atom stereocenters. The lowest BCUT2D eigenvalue weighted by Gasteiger charge is -2.19. The summed E-state index contributed by atoms with van der Waals surface area (Å²) >= 11 is 0. The fourth-order valence-corrected chi connectivity index (χ4v) is 4.14. The highest BCUT2D eigenvalue weighted by molar-refractivity contribution is 6.22. The van der Waals surface area contributed by atoms with Gasteiger partial charge in [-0.2, -0.15) is 0 Å². The first-order valence-corrected chi connectivity index (χ1v) is 9.58. The number of nitrogens with one attached hydrogen (secondary N) is 1. The van der Waals surface area contributed by atoms with Gasteiger partial charge in [0.05, 0.1) is 23.1 Å². The number of carboxylic acids is 1. The third-order valence-corrected chi connectivity index (χ3v) is 5.58. The maximum atomic E-state index is 12.8. The number of imide groups is 1. The Bertz CT molecular complexity index is 992. The summed E-state index contributed by atoms with van der Waals surface area (Å²) in [5.74, 6) is -2.43. The highest BCUT2D eigenvalue weighted by Crippen LogP contribution is 2.40. The van der Waals surface area contributed by atoms with Crippen LogP contribution in [0.3, 0.4) is 0 Å². The summed E-state index contributed by atoms with van der Waals surface area (Å²) in [5, 5.41) is 11.7. The molecular weight excluding hydrogens is 372 g/mol. The minimum absolute atomic E-state index is 0.0624. The van der Waals surface area contributed by atoms with Crippen LogP contribution in [0.5, 0.6) is 0 Å². The number of carbonyl (C=O) groups excluding carboxylic acids is 3. The fraction of sp³-hybridized carbons (Fsp3) is 0.273. The molecule has 7 nitrogen and oxygen atoms in total. The summed E-state index contributed by atoms with van der Waals surface area (Å²) in [6.45, 7) is 0. The Morgan fingerprint density at radius 1 is 0.897 bits per heavy atom. The Morgan fingerprint density at radius 2 is 1.52 bits per heavy atom. The standard InChI is InChI=1S/C22H20N2O5/c25-19(23-15-7-3-6-14(11-15)22(28)29)13-5-4-8-16(12-13)24-20(26)17-9-1-2-10-18(17)21(24)27/h3-8,11-12,17-18H,1-2,9-10H2,(H,23,25)(H,28,29)/t17-,18+. The fourth-order valence-electron chi connectivity index (χ4n) is 4.14. The number of aromatic carboxylic acids is 1. The van der Waals surface area contributed by atoms with Crippen LogP contribution in [0.15, 0.2) is 48.5 Å². The zero-order chi connectivity index (χ0) is 20.5. The molecule has 2 fully saturated rings. The van der Waals surface area contributed by atoms with E-state index in [0.29, 0.717) is 11.4 Å². The van der Waals surface area contributed by atoms with E-state index in [1.165, 1.54) is 23.1 Å². The molecule has 0 aromatic heterocycles. The topological polar surface area (TPSA) is 104 Å². The molecule has 1 heterocycles. The van der Waals surface area contributed by atoms with Crippen LogP contribution in [0.2, 0.25) is 0 Å². The van der Waals surface area contributed by atoms with Crippen molar-refractivity contribution >= 4 is 35.1 Å². The molecule has 148 valence electrons. The van der Waals surface area contributed by atoms with Crippen LogP contribution >= 0.6 is 0 Å². The normalized spacial score (nSPS) is 21.0. The van der Waals surface area contributed by atoms with Crippen LogP contribution in [-0.2, 0) is 9.59 Å². The third-order valence-electron chi connectivity index (χ3n) is 5.58. The molecular formula is C22H20N2O5. The molecule has 2 aromatic carbocycles. The lowest BCUT2D eigenvalue weighted by Crippen LogP contribution is -2.31. The number of anilines is 2. The molecule has 1 saturated carbocycles. The van der Waals surface area contributed by atoms with E-state index in [1.54, 1.807) is 30.3 Å². The molecule has 2 N–H and O–H groups in total. The maximum Gasteiger partial charge on any atom is 0.335 e. The molecule has 1 saturated heterocycles. The summed E-state index contributed by atoms with van der Waals surface area (Å²) in [6.07, 6.45) is 3.36. The molecule has 7 heteroatoms. The van der Waals surface area contributed by atoms with Gasteiger partial charge in [-0.05, 0) is 49.2 Å². The maximum absolute atomic E-state index is 12.8. The number of benzene rings is 2. The molecule has 2 atom stereocenters. The van der Waals surface area contributed by atoms with Gasteiger partial charge >= 0.3 is 5.97 Å². The van der Waals surface area contributed by atoms with E-state index in [1.807, 2.05) is 0 Å². The Labute approximate surface area is 167 Å². The van der Waals surface area contributed by atoms with E-state index in [2.05, 4.69) is 5.32 Å². The molecule has 1 aliphatic carbocycles. The van der Waals surface area contributed by atoms with Gasteiger partial charge in [0.1, 0.15) is 0 Å². The van der Waals surface area contributed by atoms with Crippen LogP contribution in [0.25, 0.3) is 0 Å². The average molecular weight is 392 g/mol. The van der Waals surface area contributed by atoms with E-state index in [4.69, 9.17) is 5.11 Å². The zero-order valence-corrected chi connectivity index (χ0v) is 15.6. The van der Waals surface area contributed by atoms with Gasteiger partial charge in [0.15, 0.2) is 0 Å². The predicted molar refractivity (Wildman–Crippen MR) is 106 cm³/mol. The number of carboxylic acid groups (broad SMARTS) is 1. The smallest absolute Gasteiger partial charge is 0.335 e. The summed E-state index contributed by atoms with van der Waals surface area (Å²) < 4.78 is 0. The second-order valence-electron chi connectivity index (χ2n) is 7.40. The molecule has 0 bridgehead atoms. The van der Waals surface area contributed by atoms with Gasteiger partial charge in [0.25, 0.3) is 5.91 Å². The summed E-state index contributed by atoms with van der Waals surface area (Å²) in [5.41, 5.74) is 1.08. The molecule has 29 heavy (non-hydrogen) atoms. The monoisotopic (exact) mass is 392 g/mol. The minimum atomic E-state index is -1.09. The lowest BCUT2D eigenvalue weighted by molar-refractivity contribution is -0.122. The zero-order valence-electron chi connectivity index (χ0n) is 15.6. The number of carbonyl (C=O) groups is 4. The minimum Gasteiger partial charge on any atom is -0.478 e. The Kier molecular flexibility index (Phi) is 4.88. The van der Waals surface area contributed by atoms with Gasteiger partial charge in [-0.25, -0.2) is 4.79 Å². The van der Waals surface area contributed by atoms with Gasteiger partial charge in [0.2, 0.25) is 11.8 Å². The van der Waals surface area contributed by atoms with Crippen molar-refractivity contribution in [2.24, 2.45) is 11.8 Å². The first-order chi connectivity index (χ1) is 14.0. The van der Waals surface area contributed by atoms with Crippen molar-refractivity contribution in [3.05, 3.63) is 59.7 Å². The lowest BCUT2D eigenvalue weighted by atomic mass is 9.81. The van der Waals surface area contributed by atoms with E-state index in [-0.39, 0.29) is 34.8 Å². The SMILES string of the molecule is O=C(O)c1cccc(NC(=O)c2cccc(N3C(=O)[C@H]4CCCC[C@H]4C3=O)c2)c1. The largest absolute Gasteiger partial charge is 0.478 e. The van der Waals surface area contributed by atoms with Crippen LogP contribution in [-0.4, -0.2) is 28.8 Å². The average Bonchev–Trinajstić information content (AvgIpc) is 2.99.